The van der Waals surface area contributed by atoms with Crippen molar-refractivity contribution >= 4 is 0 Å². The molecule has 0 amide bonds. The molecule has 0 bridgehead atoms. The van der Waals surface area contributed by atoms with E-state index < -0.39 is 0 Å². The minimum Gasteiger partial charge on any atom is -0.349 e. The van der Waals surface area contributed by atoms with Gasteiger partial charge in [0, 0.05) is 5.92 Å². The zero-order valence-corrected chi connectivity index (χ0v) is 20.9. The summed E-state index contributed by atoms with van der Waals surface area (Å²) in [5, 5.41) is 0. The van der Waals surface area contributed by atoms with E-state index in [2.05, 4.69) is 26.0 Å². The van der Waals surface area contributed by atoms with Crippen LogP contribution in [0.2, 0.25) is 0 Å². The van der Waals surface area contributed by atoms with Crippen LogP contribution in [0, 0.1) is 29.6 Å². The number of ether oxygens (including phenoxy) is 2. The van der Waals surface area contributed by atoms with Crippen molar-refractivity contribution in [3.05, 3.63) is 12.2 Å². The Morgan fingerprint density at radius 1 is 0.581 bits per heavy atom. The van der Waals surface area contributed by atoms with E-state index in [-0.39, 0.29) is 6.29 Å². The van der Waals surface area contributed by atoms with Gasteiger partial charge >= 0.3 is 0 Å². The van der Waals surface area contributed by atoms with Gasteiger partial charge in [-0.3, -0.25) is 0 Å². The van der Waals surface area contributed by atoms with E-state index >= 15 is 0 Å². The smallest absolute Gasteiger partial charge is 0.176 e. The Bertz CT molecular complexity index is 463. The lowest BCUT2D eigenvalue weighted by Gasteiger charge is -2.37. The van der Waals surface area contributed by atoms with Gasteiger partial charge in [0.05, 0.1) is 13.2 Å². The van der Waals surface area contributed by atoms with Gasteiger partial charge in [-0.15, -0.1) is 0 Å². The first-order chi connectivity index (χ1) is 15.3. The molecule has 1 heterocycles. The van der Waals surface area contributed by atoms with E-state index in [4.69, 9.17) is 9.47 Å². The van der Waals surface area contributed by atoms with Crippen molar-refractivity contribution in [1.29, 1.82) is 0 Å². The molecule has 0 aromatic rings. The molecule has 2 saturated carbocycles. The third-order valence-corrected chi connectivity index (χ3v) is 8.59. The normalized spacial score (nSPS) is 34.9. The predicted octanol–water partition coefficient (Wildman–Crippen LogP) is 8.70. The van der Waals surface area contributed by atoms with Crippen molar-refractivity contribution in [2.24, 2.45) is 29.6 Å². The van der Waals surface area contributed by atoms with Crippen LogP contribution >= 0.6 is 0 Å². The molecule has 0 N–H and O–H groups in total. The van der Waals surface area contributed by atoms with E-state index in [1.807, 2.05) is 0 Å². The SMILES string of the molecule is CCCCCCC1CCC(C2CCC(/C=C/C3OCC(CCCCC)CO3)CC2)CC1. The topological polar surface area (TPSA) is 18.5 Å². The van der Waals surface area contributed by atoms with Crippen LogP contribution in [0.25, 0.3) is 0 Å². The van der Waals surface area contributed by atoms with Crippen LogP contribution in [0.5, 0.6) is 0 Å². The Labute approximate surface area is 193 Å². The van der Waals surface area contributed by atoms with E-state index in [9.17, 15) is 0 Å². The van der Waals surface area contributed by atoms with Gasteiger partial charge in [0.15, 0.2) is 6.29 Å². The molecule has 3 fully saturated rings. The van der Waals surface area contributed by atoms with Gasteiger partial charge in [0.25, 0.3) is 0 Å². The van der Waals surface area contributed by atoms with Crippen molar-refractivity contribution < 1.29 is 9.47 Å². The summed E-state index contributed by atoms with van der Waals surface area (Å²) in [6, 6.07) is 0. The third-order valence-electron chi connectivity index (χ3n) is 8.59. The van der Waals surface area contributed by atoms with Gasteiger partial charge in [0.2, 0.25) is 0 Å². The van der Waals surface area contributed by atoms with E-state index in [1.165, 1.54) is 109 Å². The molecule has 2 nitrogen and oxygen atoms in total. The summed E-state index contributed by atoms with van der Waals surface area (Å²) < 4.78 is 11.9. The second-order valence-corrected chi connectivity index (χ2v) is 11.1. The quantitative estimate of drug-likeness (QED) is 0.227. The maximum absolute atomic E-state index is 5.97. The molecule has 1 aliphatic heterocycles. The van der Waals surface area contributed by atoms with Crippen molar-refractivity contribution in [2.75, 3.05) is 13.2 Å². The molecule has 0 atom stereocenters. The van der Waals surface area contributed by atoms with Crippen LogP contribution in [-0.2, 0) is 9.47 Å². The largest absolute Gasteiger partial charge is 0.349 e. The lowest BCUT2D eigenvalue weighted by Crippen LogP contribution is -2.31. The second-order valence-electron chi connectivity index (χ2n) is 11.1. The van der Waals surface area contributed by atoms with Crippen LogP contribution in [0.3, 0.4) is 0 Å². The molecule has 1 saturated heterocycles. The molecule has 0 radical (unpaired) electrons. The average Bonchev–Trinajstić information content (AvgIpc) is 2.82. The zero-order valence-electron chi connectivity index (χ0n) is 20.9. The Kier molecular flexibility index (Phi) is 12.0. The minimum absolute atomic E-state index is 0.0900. The van der Waals surface area contributed by atoms with E-state index in [1.54, 1.807) is 0 Å². The van der Waals surface area contributed by atoms with E-state index in [0.29, 0.717) is 5.92 Å². The first-order valence-corrected chi connectivity index (χ1v) is 14.2. The maximum atomic E-state index is 5.97. The monoisotopic (exact) mass is 432 g/mol. The molecule has 0 aromatic carbocycles. The van der Waals surface area contributed by atoms with Gasteiger partial charge in [-0.25, -0.2) is 0 Å². The fourth-order valence-corrected chi connectivity index (χ4v) is 6.38. The molecule has 3 aliphatic rings. The molecule has 0 spiro atoms. The van der Waals surface area contributed by atoms with Gasteiger partial charge in [-0.2, -0.15) is 0 Å². The molecule has 31 heavy (non-hydrogen) atoms. The van der Waals surface area contributed by atoms with Gasteiger partial charge < -0.3 is 9.47 Å². The van der Waals surface area contributed by atoms with Crippen LogP contribution < -0.4 is 0 Å². The minimum atomic E-state index is -0.0900. The predicted molar refractivity (Wildman–Crippen MR) is 132 cm³/mol. The Balaban J connectivity index is 1.26. The molecule has 3 rings (SSSR count). The molecule has 2 heteroatoms. The highest BCUT2D eigenvalue weighted by atomic mass is 16.7. The molecule has 2 aliphatic carbocycles. The van der Waals surface area contributed by atoms with Crippen molar-refractivity contribution in [3.8, 4) is 0 Å². The Morgan fingerprint density at radius 2 is 1.13 bits per heavy atom. The Morgan fingerprint density at radius 3 is 1.77 bits per heavy atom. The molecular weight excluding hydrogens is 380 g/mol. The van der Waals surface area contributed by atoms with Gasteiger partial charge in [-0.05, 0) is 74.7 Å². The first kappa shape index (κ1) is 25.3. The number of hydrogen-bond acceptors (Lipinski definition) is 2. The van der Waals surface area contributed by atoms with Crippen LogP contribution in [0.1, 0.15) is 123 Å². The number of rotatable bonds is 12. The Hall–Kier alpha value is -0.340. The highest BCUT2D eigenvalue weighted by Gasteiger charge is 2.30. The van der Waals surface area contributed by atoms with Crippen LogP contribution in [0.4, 0.5) is 0 Å². The van der Waals surface area contributed by atoms with Crippen molar-refractivity contribution in [3.63, 3.8) is 0 Å². The lowest BCUT2D eigenvalue weighted by atomic mass is 9.68. The summed E-state index contributed by atoms with van der Waals surface area (Å²) in [6.45, 7) is 6.35. The number of hydrogen-bond donors (Lipinski definition) is 0. The van der Waals surface area contributed by atoms with Crippen molar-refractivity contribution in [1.82, 2.24) is 0 Å². The fourth-order valence-electron chi connectivity index (χ4n) is 6.38. The lowest BCUT2D eigenvalue weighted by molar-refractivity contribution is -0.175. The number of allylic oxidation sites excluding steroid dienone is 1. The van der Waals surface area contributed by atoms with Crippen LogP contribution in [-0.4, -0.2) is 19.5 Å². The molecule has 180 valence electrons. The maximum Gasteiger partial charge on any atom is 0.176 e. The standard InChI is InChI=1S/C29H52O2/c1-3-5-7-9-10-24-12-17-27(18-13-24)28-19-14-25(15-20-28)16-21-29-30-22-26(23-31-29)11-8-6-4-2/h16,21,24-29H,3-15,17-20,22-23H2,1-2H3/b21-16+. The van der Waals surface area contributed by atoms with Crippen LogP contribution in [0.15, 0.2) is 12.2 Å². The zero-order chi connectivity index (χ0) is 21.7. The fraction of sp³-hybridized carbons (Fsp3) is 0.931. The number of unbranched alkanes of at least 4 members (excludes halogenated alkanes) is 5. The summed E-state index contributed by atoms with van der Waals surface area (Å²) >= 11 is 0. The molecular formula is C29H52O2. The second kappa shape index (κ2) is 14.7. The summed E-state index contributed by atoms with van der Waals surface area (Å²) in [5.74, 6) is 4.45. The summed E-state index contributed by atoms with van der Waals surface area (Å²) in [5.41, 5.74) is 0. The van der Waals surface area contributed by atoms with E-state index in [0.717, 1.165) is 36.9 Å². The van der Waals surface area contributed by atoms with Gasteiger partial charge in [0.1, 0.15) is 0 Å². The first-order valence-electron chi connectivity index (χ1n) is 14.2. The molecule has 0 aromatic heterocycles. The summed E-state index contributed by atoms with van der Waals surface area (Å²) in [6.07, 6.45) is 28.8. The summed E-state index contributed by atoms with van der Waals surface area (Å²) in [4.78, 5) is 0. The summed E-state index contributed by atoms with van der Waals surface area (Å²) in [7, 11) is 0. The highest BCUT2D eigenvalue weighted by Crippen LogP contribution is 2.42. The van der Waals surface area contributed by atoms with Gasteiger partial charge in [-0.1, -0.05) is 84.1 Å². The third kappa shape index (κ3) is 9.20. The van der Waals surface area contributed by atoms with Crippen molar-refractivity contribution in [2.45, 2.75) is 129 Å². The molecule has 0 unspecified atom stereocenters. The average molecular weight is 433 g/mol. The highest BCUT2D eigenvalue weighted by molar-refractivity contribution is 4.95.